The van der Waals surface area contributed by atoms with E-state index in [2.05, 4.69) is 17.4 Å². The van der Waals surface area contributed by atoms with Gasteiger partial charge in [-0.25, -0.2) is 4.79 Å². The first kappa shape index (κ1) is 16.0. The minimum Gasteiger partial charge on any atom is -0.465 e. The summed E-state index contributed by atoms with van der Waals surface area (Å²) in [6, 6.07) is 21.5. The molecule has 0 aliphatic heterocycles. The number of carbonyl (C=O) groups excluding carboxylic acids is 1. The summed E-state index contributed by atoms with van der Waals surface area (Å²) < 4.78 is 10.6. The van der Waals surface area contributed by atoms with E-state index < -0.39 is 0 Å². The Hall–Kier alpha value is -2.85. The fourth-order valence-electron chi connectivity index (χ4n) is 2.53. The van der Waals surface area contributed by atoms with Crippen LogP contribution in [0.3, 0.4) is 0 Å². The number of ether oxygens (including phenoxy) is 1. The molecule has 3 rings (SSSR count). The van der Waals surface area contributed by atoms with Crippen LogP contribution < -0.4 is 5.32 Å². The largest absolute Gasteiger partial charge is 0.465 e. The number of carbonyl (C=O) groups is 1. The van der Waals surface area contributed by atoms with Crippen molar-refractivity contribution in [2.45, 2.75) is 13.1 Å². The summed E-state index contributed by atoms with van der Waals surface area (Å²) in [6.45, 7) is 1.71. The van der Waals surface area contributed by atoms with Gasteiger partial charge in [0, 0.05) is 11.1 Å². The number of hydrogen-bond donors (Lipinski definition) is 1. The first-order valence-corrected chi connectivity index (χ1v) is 7.89. The monoisotopic (exact) mass is 322 g/mol. The predicted molar refractivity (Wildman–Crippen MR) is 91.3 cm³/mol. The number of methoxy groups -OCH3 is 1. The van der Waals surface area contributed by atoms with Crippen LogP contribution in [0.2, 0.25) is 0 Å². The second kappa shape index (κ2) is 7.62. The van der Waals surface area contributed by atoms with Crippen molar-refractivity contribution in [1.82, 2.24) is 0 Å². The van der Waals surface area contributed by atoms with Crippen molar-refractivity contribution in [3.8, 4) is 11.3 Å². The summed E-state index contributed by atoms with van der Waals surface area (Å²) in [4.78, 5) is 11.5. The summed E-state index contributed by atoms with van der Waals surface area (Å²) in [6.07, 6.45) is 0. The molecule has 0 aliphatic rings. The van der Waals surface area contributed by atoms with Gasteiger partial charge in [0.1, 0.15) is 18.8 Å². The first-order chi connectivity index (χ1) is 11.8. The predicted octanol–water partition coefficient (Wildman–Crippen LogP) is 3.00. The Morgan fingerprint density at radius 3 is 2.42 bits per heavy atom. The Kier molecular flexibility index (Phi) is 5.08. The molecule has 0 spiro atoms. The summed E-state index contributed by atoms with van der Waals surface area (Å²) in [5.41, 5.74) is 2.77. The molecule has 2 aromatic carbocycles. The SMILES string of the molecule is COC(=O)c1ccc(-c2ccc(C[NH2+]Cc3ccccc3)o2)cc1. The van der Waals surface area contributed by atoms with Gasteiger partial charge in [0.25, 0.3) is 0 Å². The Morgan fingerprint density at radius 1 is 0.958 bits per heavy atom. The van der Waals surface area contributed by atoms with Crippen molar-refractivity contribution >= 4 is 5.97 Å². The molecule has 0 bridgehead atoms. The number of nitrogens with two attached hydrogens (primary N) is 1. The summed E-state index contributed by atoms with van der Waals surface area (Å²) in [5, 5.41) is 2.21. The van der Waals surface area contributed by atoms with E-state index in [0.717, 1.165) is 30.2 Å². The van der Waals surface area contributed by atoms with E-state index in [1.807, 2.05) is 42.5 Å². The molecule has 0 radical (unpaired) electrons. The lowest BCUT2D eigenvalue weighted by Crippen LogP contribution is -2.80. The van der Waals surface area contributed by atoms with E-state index in [-0.39, 0.29) is 5.97 Å². The fourth-order valence-corrected chi connectivity index (χ4v) is 2.53. The number of esters is 1. The lowest BCUT2D eigenvalue weighted by Gasteiger charge is -2.01. The van der Waals surface area contributed by atoms with Gasteiger partial charge in [-0.1, -0.05) is 42.5 Å². The van der Waals surface area contributed by atoms with Gasteiger partial charge in [-0.05, 0) is 24.3 Å². The third kappa shape index (κ3) is 3.91. The summed E-state index contributed by atoms with van der Waals surface area (Å²) >= 11 is 0. The number of quaternary nitrogens is 1. The first-order valence-electron chi connectivity index (χ1n) is 7.89. The van der Waals surface area contributed by atoms with Gasteiger partial charge < -0.3 is 14.5 Å². The van der Waals surface area contributed by atoms with Crippen molar-refractivity contribution in [3.63, 3.8) is 0 Å². The van der Waals surface area contributed by atoms with Crippen LogP contribution in [0.5, 0.6) is 0 Å². The molecule has 1 aromatic heterocycles. The van der Waals surface area contributed by atoms with E-state index in [9.17, 15) is 4.79 Å². The second-order valence-corrected chi connectivity index (χ2v) is 5.52. The van der Waals surface area contributed by atoms with Crippen molar-refractivity contribution in [2.75, 3.05) is 7.11 Å². The smallest absolute Gasteiger partial charge is 0.337 e. The third-order valence-electron chi connectivity index (χ3n) is 3.82. The molecule has 0 fully saturated rings. The van der Waals surface area contributed by atoms with Gasteiger partial charge in [-0.15, -0.1) is 0 Å². The molecule has 0 saturated carbocycles. The van der Waals surface area contributed by atoms with Gasteiger partial charge in [0.2, 0.25) is 0 Å². The zero-order chi connectivity index (χ0) is 16.8. The molecule has 4 heteroatoms. The number of benzene rings is 2. The summed E-state index contributed by atoms with van der Waals surface area (Å²) in [7, 11) is 1.38. The molecule has 0 unspecified atom stereocenters. The van der Waals surface area contributed by atoms with Crippen LogP contribution in [0.15, 0.2) is 71.1 Å². The minimum atomic E-state index is -0.336. The Balaban J connectivity index is 1.60. The van der Waals surface area contributed by atoms with Gasteiger partial charge in [-0.3, -0.25) is 0 Å². The number of hydrogen-bond acceptors (Lipinski definition) is 3. The van der Waals surface area contributed by atoms with Gasteiger partial charge >= 0.3 is 5.97 Å². The Bertz CT molecular complexity index is 791. The van der Waals surface area contributed by atoms with E-state index in [1.54, 1.807) is 12.1 Å². The molecule has 4 nitrogen and oxygen atoms in total. The standard InChI is InChI=1S/C20H19NO3/c1-23-20(22)17-9-7-16(8-10-17)19-12-11-18(24-19)14-21-13-15-5-3-2-4-6-15/h2-12,21H,13-14H2,1H3/p+1. The fraction of sp³-hybridized carbons (Fsp3) is 0.150. The summed E-state index contributed by atoms with van der Waals surface area (Å²) in [5.74, 6) is 1.39. The van der Waals surface area contributed by atoms with E-state index in [4.69, 9.17) is 9.15 Å². The van der Waals surface area contributed by atoms with Crippen molar-refractivity contribution < 1.29 is 19.3 Å². The van der Waals surface area contributed by atoms with E-state index in [1.165, 1.54) is 12.7 Å². The molecule has 0 aliphatic carbocycles. The van der Waals surface area contributed by atoms with Gasteiger partial charge in [0.05, 0.1) is 12.7 Å². The zero-order valence-electron chi connectivity index (χ0n) is 13.6. The molecular weight excluding hydrogens is 302 g/mol. The average Bonchev–Trinajstić information content (AvgIpc) is 3.11. The van der Waals surface area contributed by atoms with Crippen LogP contribution in [0.4, 0.5) is 0 Å². The number of furan rings is 1. The van der Waals surface area contributed by atoms with Gasteiger partial charge in [0.15, 0.2) is 5.76 Å². The maximum absolute atomic E-state index is 11.5. The quantitative estimate of drug-likeness (QED) is 0.710. The molecule has 2 N–H and O–H groups in total. The maximum atomic E-state index is 11.5. The van der Waals surface area contributed by atoms with E-state index in [0.29, 0.717) is 5.56 Å². The molecule has 0 saturated heterocycles. The minimum absolute atomic E-state index is 0.336. The van der Waals surface area contributed by atoms with Crippen LogP contribution in [0.1, 0.15) is 21.7 Å². The third-order valence-corrected chi connectivity index (χ3v) is 3.82. The van der Waals surface area contributed by atoms with Crippen LogP contribution >= 0.6 is 0 Å². The van der Waals surface area contributed by atoms with Crippen molar-refractivity contribution in [3.05, 3.63) is 83.6 Å². The molecule has 1 heterocycles. The highest BCUT2D eigenvalue weighted by atomic mass is 16.5. The molecule has 0 amide bonds. The Labute approximate surface area is 141 Å². The molecular formula is C20H20NO3+. The van der Waals surface area contributed by atoms with Crippen LogP contribution in [0.25, 0.3) is 11.3 Å². The average molecular weight is 322 g/mol. The highest BCUT2D eigenvalue weighted by molar-refractivity contribution is 5.89. The van der Waals surface area contributed by atoms with Crippen LogP contribution in [-0.4, -0.2) is 13.1 Å². The van der Waals surface area contributed by atoms with Crippen LogP contribution in [0, 0.1) is 0 Å². The highest BCUT2D eigenvalue weighted by Crippen LogP contribution is 2.22. The van der Waals surface area contributed by atoms with Crippen molar-refractivity contribution in [1.29, 1.82) is 0 Å². The van der Waals surface area contributed by atoms with Crippen molar-refractivity contribution in [2.24, 2.45) is 0 Å². The number of rotatable bonds is 6. The van der Waals surface area contributed by atoms with Crippen LogP contribution in [-0.2, 0) is 17.8 Å². The molecule has 122 valence electrons. The second-order valence-electron chi connectivity index (χ2n) is 5.52. The molecule has 24 heavy (non-hydrogen) atoms. The molecule has 3 aromatic rings. The highest BCUT2D eigenvalue weighted by Gasteiger charge is 2.09. The lowest BCUT2D eigenvalue weighted by atomic mass is 10.1. The topological polar surface area (TPSA) is 56.0 Å². The van der Waals surface area contributed by atoms with E-state index >= 15 is 0 Å². The molecule has 0 atom stereocenters. The zero-order valence-corrected chi connectivity index (χ0v) is 13.6. The normalized spacial score (nSPS) is 10.5. The maximum Gasteiger partial charge on any atom is 0.337 e. The van der Waals surface area contributed by atoms with Gasteiger partial charge in [-0.2, -0.15) is 0 Å². The lowest BCUT2D eigenvalue weighted by molar-refractivity contribution is -0.687. The Morgan fingerprint density at radius 2 is 1.71 bits per heavy atom.